The predicted molar refractivity (Wildman–Crippen MR) is 101 cm³/mol. The van der Waals surface area contributed by atoms with E-state index in [1.54, 1.807) is 6.92 Å². The number of aromatic nitrogens is 4. The summed E-state index contributed by atoms with van der Waals surface area (Å²) in [6, 6.07) is 2.18. The van der Waals surface area contributed by atoms with Crippen LogP contribution in [0.4, 0.5) is 19.0 Å². The van der Waals surface area contributed by atoms with Crippen molar-refractivity contribution in [3.05, 3.63) is 45.2 Å². The minimum Gasteiger partial charge on any atom is -0.308 e. The second kappa shape index (κ2) is 7.94. The number of alkyl halides is 3. The first-order valence-electron chi connectivity index (χ1n) is 7.46. The van der Waals surface area contributed by atoms with Gasteiger partial charge in [0.05, 0.1) is 25.9 Å². The second-order valence-electron chi connectivity index (χ2n) is 5.48. The van der Waals surface area contributed by atoms with Crippen molar-refractivity contribution in [2.24, 2.45) is 0 Å². The molecule has 1 amide bonds. The third-order valence-corrected chi connectivity index (χ3v) is 5.29. The molecule has 1 atom stereocenters. The number of nitrogens with one attached hydrogen (secondary N) is 1. The fourth-order valence-corrected chi connectivity index (χ4v) is 3.60. The van der Waals surface area contributed by atoms with Gasteiger partial charge in [-0.15, -0.1) is 10.2 Å². The van der Waals surface area contributed by atoms with Crippen molar-refractivity contribution in [1.82, 2.24) is 19.6 Å². The maximum atomic E-state index is 13.0. The summed E-state index contributed by atoms with van der Waals surface area (Å²) in [5, 5.41) is 9.68. The molecule has 28 heavy (non-hydrogen) atoms. The van der Waals surface area contributed by atoms with E-state index in [9.17, 15) is 18.0 Å². The molecule has 148 valence electrons. The quantitative estimate of drug-likeness (QED) is 0.529. The SMILES string of the molecule is CC(Sc1nnc2c(Cl)cc(C(F)(F)F)cn12)C(=O)Nc1ncc(Cl)cc1Cl. The fraction of sp³-hybridized carbons (Fsp3) is 0.200. The fourth-order valence-electron chi connectivity index (χ4n) is 2.11. The van der Waals surface area contributed by atoms with Gasteiger partial charge >= 0.3 is 6.18 Å². The zero-order chi connectivity index (χ0) is 20.6. The number of carbonyl (C=O) groups excluding carboxylic acids is 1. The smallest absolute Gasteiger partial charge is 0.308 e. The van der Waals surface area contributed by atoms with Crippen LogP contribution in [-0.2, 0) is 11.0 Å². The Morgan fingerprint density at radius 3 is 2.57 bits per heavy atom. The van der Waals surface area contributed by atoms with E-state index in [0.717, 1.165) is 28.4 Å². The molecule has 0 radical (unpaired) electrons. The Morgan fingerprint density at radius 1 is 1.21 bits per heavy atom. The Labute approximate surface area is 175 Å². The zero-order valence-electron chi connectivity index (χ0n) is 13.8. The lowest BCUT2D eigenvalue weighted by molar-refractivity contribution is -0.137. The van der Waals surface area contributed by atoms with Crippen LogP contribution < -0.4 is 5.32 Å². The Balaban J connectivity index is 1.83. The standard InChI is InChI=1S/C15H9Cl3F3N5OS/c1-6(13(27)23-11-9(17)3-8(16)4-22-11)28-14-25-24-12-10(18)2-7(5-26(12)14)15(19,20)21/h2-6H,1H3,(H,22,23,27). The van der Waals surface area contributed by atoms with Gasteiger partial charge in [-0.1, -0.05) is 46.6 Å². The summed E-state index contributed by atoms with van der Waals surface area (Å²) in [6.07, 6.45) is -2.45. The molecular formula is C15H9Cl3F3N5OS. The van der Waals surface area contributed by atoms with Crippen LogP contribution in [0.5, 0.6) is 0 Å². The summed E-state index contributed by atoms with van der Waals surface area (Å²) in [5.41, 5.74) is -0.909. The maximum absolute atomic E-state index is 13.0. The molecule has 3 heterocycles. The summed E-state index contributed by atoms with van der Waals surface area (Å²) in [5.74, 6) is -0.381. The monoisotopic (exact) mass is 469 g/mol. The number of amides is 1. The highest BCUT2D eigenvalue weighted by molar-refractivity contribution is 8.00. The van der Waals surface area contributed by atoms with E-state index in [4.69, 9.17) is 34.8 Å². The van der Waals surface area contributed by atoms with Crippen LogP contribution in [0.25, 0.3) is 5.65 Å². The van der Waals surface area contributed by atoms with Crippen molar-refractivity contribution in [3.63, 3.8) is 0 Å². The first-order chi connectivity index (χ1) is 13.1. The molecule has 6 nitrogen and oxygen atoms in total. The molecule has 1 unspecified atom stereocenters. The summed E-state index contributed by atoms with van der Waals surface area (Å²) < 4.78 is 40.2. The molecule has 0 saturated heterocycles. The van der Waals surface area contributed by atoms with Gasteiger partial charge in [-0.3, -0.25) is 9.20 Å². The highest BCUT2D eigenvalue weighted by Gasteiger charge is 2.32. The molecule has 3 aromatic heterocycles. The molecule has 0 fully saturated rings. The molecule has 3 aromatic rings. The minimum absolute atomic E-state index is 0.0483. The summed E-state index contributed by atoms with van der Waals surface area (Å²) in [6.45, 7) is 1.54. The molecule has 0 aliphatic heterocycles. The van der Waals surface area contributed by atoms with Gasteiger partial charge in [0.15, 0.2) is 16.6 Å². The van der Waals surface area contributed by atoms with Gasteiger partial charge in [0, 0.05) is 12.4 Å². The highest BCUT2D eigenvalue weighted by Crippen LogP contribution is 2.34. The van der Waals surface area contributed by atoms with Crippen molar-refractivity contribution in [1.29, 1.82) is 0 Å². The zero-order valence-corrected chi connectivity index (χ0v) is 16.8. The van der Waals surface area contributed by atoms with Crippen LogP contribution in [-0.4, -0.2) is 30.7 Å². The molecule has 0 saturated carbocycles. The van der Waals surface area contributed by atoms with Gasteiger partial charge in [0.2, 0.25) is 5.91 Å². The molecular weight excluding hydrogens is 462 g/mol. The minimum atomic E-state index is -4.59. The van der Waals surface area contributed by atoms with E-state index in [1.165, 1.54) is 12.3 Å². The molecule has 0 aliphatic rings. The van der Waals surface area contributed by atoms with Crippen molar-refractivity contribution in [2.45, 2.75) is 23.5 Å². The molecule has 1 N–H and O–H groups in total. The van der Waals surface area contributed by atoms with Crippen molar-refractivity contribution in [2.75, 3.05) is 5.32 Å². The van der Waals surface area contributed by atoms with Crippen LogP contribution in [0.15, 0.2) is 29.7 Å². The number of thioether (sulfide) groups is 1. The molecule has 0 aliphatic carbocycles. The topological polar surface area (TPSA) is 72.2 Å². The van der Waals surface area contributed by atoms with Crippen LogP contribution in [0.1, 0.15) is 12.5 Å². The first kappa shape index (κ1) is 21.0. The van der Waals surface area contributed by atoms with Crippen molar-refractivity contribution < 1.29 is 18.0 Å². The first-order valence-corrected chi connectivity index (χ1v) is 9.47. The number of halogens is 6. The van der Waals surface area contributed by atoms with Crippen LogP contribution in [0, 0.1) is 0 Å². The van der Waals surface area contributed by atoms with E-state index >= 15 is 0 Å². The number of fused-ring (bicyclic) bond motifs is 1. The average Bonchev–Trinajstić information content (AvgIpc) is 3.00. The lowest BCUT2D eigenvalue weighted by Gasteiger charge is -2.12. The number of hydrogen-bond donors (Lipinski definition) is 1. The lowest BCUT2D eigenvalue weighted by Crippen LogP contribution is -2.23. The maximum Gasteiger partial charge on any atom is 0.417 e. The molecule has 13 heteroatoms. The third kappa shape index (κ3) is 4.45. The van der Waals surface area contributed by atoms with Gasteiger partial charge < -0.3 is 5.32 Å². The van der Waals surface area contributed by atoms with Gasteiger partial charge in [-0.05, 0) is 19.1 Å². The van der Waals surface area contributed by atoms with Gasteiger partial charge in [-0.25, -0.2) is 4.98 Å². The van der Waals surface area contributed by atoms with Gasteiger partial charge in [0.1, 0.15) is 0 Å². The normalized spacial score (nSPS) is 13.0. The average molecular weight is 471 g/mol. The highest BCUT2D eigenvalue weighted by atomic mass is 35.5. The Bertz CT molecular complexity index is 1060. The summed E-state index contributed by atoms with van der Waals surface area (Å²) >= 11 is 18.5. The third-order valence-electron chi connectivity index (χ3n) is 3.46. The van der Waals surface area contributed by atoms with E-state index in [2.05, 4.69) is 20.5 Å². The Kier molecular flexibility index (Phi) is 5.95. The van der Waals surface area contributed by atoms with Gasteiger partial charge in [0.25, 0.3) is 0 Å². The number of rotatable bonds is 4. The van der Waals surface area contributed by atoms with Crippen molar-refractivity contribution >= 4 is 63.9 Å². The number of carbonyl (C=O) groups is 1. The molecule has 3 rings (SSSR count). The number of anilines is 1. The van der Waals surface area contributed by atoms with Crippen LogP contribution in [0.3, 0.4) is 0 Å². The second-order valence-corrected chi connectivity index (χ2v) is 8.04. The number of nitrogens with zero attached hydrogens (tertiary/aromatic N) is 4. The van der Waals surface area contributed by atoms with E-state index in [1.807, 2.05) is 0 Å². The predicted octanol–water partition coefficient (Wildman–Crippen LogP) is 5.22. The summed E-state index contributed by atoms with van der Waals surface area (Å²) in [4.78, 5) is 16.3. The lowest BCUT2D eigenvalue weighted by atomic mass is 10.3. The van der Waals surface area contributed by atoms with Crippen molar-refractivity contribution in [3.8, 4) is 0 Å². The largest absolute Gasteiger partial charge is 0.417 e. The molecule has 0 aromatic carbocycles. The number of hydrogen-bond acceptors (Lipinski definition) is 5. The van der Waals surface area contributed by atoms with E-state index in [-0.39, 0.29) is 26.7 Å². The van der Waals surface area contributed by atoms with Crippen LogP contribution in [0.2, 0.25) is 15.1 Å². The Hall–Kier alpha value is -1.75. The molecule has 0 bridgehead atoms. The van der Waals surface area contributed by atoms with Gasteiger partial charge in [-0.2, -0.15) is 13.2 Å². The summed E-state index contributed by atoms with van der Waals surface area (Å²) in [7, 11) is 0. The van der Waals surface area contributed by atoms with E-state index < -0.39 is 22.9 Å². The molecule has 0 spiro atoms. The Morgan fingerprint density at radius 2 is 1.93 bits per heavy atom. The van der Waals surface area contributed by atoms with E-state index in [0.29, 0.717) is 5.02 Å². The number of pyridine rings is 2. The van der Waals surface area contributed by atoms with Crippen LogP contribution >= 0.6 is 46.6 Å².